The first-order valence-electron chi connectivity index (χ1n) is 6.76. The average Bonchev–Trinajstić information content (AvgIpc) is 3.26. The smallest absolute Gasteiger partial charge is 0.146 e. The molecule has 0 heterocycles. The molecule has 1 aliphatic rings. The van der Waals surface area contributed by atoms with E-state index in [0.717, 1.165) is 17.9 Å². The first kappa shape index (κ1) is 15.0. The fourth-order valence-electron chi connectivity index (χ4n) is 2.00. The lowest BCUT2D eigenvalue weighted by molar-refractivity contribution is 0.473. The van der Waals surface area contributed by atoms with Crippen LogP contribution in [0.15, 0.2) is 36.4 Å². The molecular weight excluding hydrogens is 329 g/mol. The SMILES string of the molecule is Clc1ccc(Oc2ccc(Cl)cc2CNC2CC2)c(Cl)c1. The van der Waals surface area contributed by atoms with Crippen molar-refractivity contribution in [1.82, 2.24) is 5.32 Å². The second kappa shape index (κ2) is 6.45. The molecular formula is C16H14Cl3NO. The summed E-state index contributed by atoms with van der Waals surface area (Å²) in [6.45, 7) is 0.728. The summed E-state index contributed by atoms with van der Waals surface area (Å²) in [5, 5.41) is 5.22. The van der Waals surface area contributed by atoms with E-state index < -0.39 is 0 Å². The molecule has 0 bridgehead atoms. The molecule has 1 aliphatic carbocycles. The number of ether oxygens (including phenoxy) is 1. The second-order valence-electron chi connectivity index (χ2n) is 5.08. The van der Waals surface area contributed by atoms with Gasteiger partial charge in [0.25, 0.3) is 0 Å². The van der Waals surface area contributed by atoms with Crippen LogP contribution in [0.1, 0.15) is 18.4 Å². The van der Waals surface area contributed by atoms with Crippen LogP contribution in [0.5, 0.6) is 11.5 Å². The maximum Gasteiger partial charge on any atom is 0.146 e. The summed E-state index contributed by atoms with van der Waals surface area (Å²) in [6.07, 6.45) is 2.47. The van der Waals surface area contributed by atoms with Crippen molar-refractivity contribution in [2.45, 2.75) is 25.4 Å². The van der Waals surface area contributed by atoms with E-state index in [0.29, 0.717) is 26.9 Å². The molecule has 0 saturated heterocycles. The summed E-state index contributed by atoms with van der Waals surface area (Å²) in [5.74, 6) is 1.33. The van der Waals surface area contributed by atoms with E-state index in [1.54, 1.807) is 24.3 Å². The topological polar surface area (TPSA) is 21.3 Å². The van der Waals surface area contributed by atoms with E-state index in [2.05, 4.69) is 5.32 Å². The lowest BCUT2D eigenvalue weighted by Gasteiger charge is -2.13. The molecule has 0 spiro atoms. The molecule has 0 atom stereocenters. The van der Waals surface area contributed by atoms with Crippen molar-refractivity contribution in [3.05, 3.63) is 57.0 Å². The van der Waals surface area contributed by atoms with Gasteiger partial charge >= 0.3 is 0 Å². The van der Waals surface area contributed by atoms with E-state index in [-0.39, 0.29) is 0 Å². The first-order valence-corrected chi connectivity index (χ1v) is 7.90. The van der Waals surface area contributed by atoms with Gasteiger partial charge in [0.15, 0.2) is 0 Å². The summed E-state index contributed by atoms with van der Waals surface area (Å²) in [6, 6.07) is 11.4. The highest BCUT2D eigenvalue weighted by Gasteiger charge is 2.21. The van der Waals surface area contributed by atoms with Crippen LogP contribution in [0.2, 0.25) is 15.1 Å². The maximum absolute atomic E-state index is 6.15. The molecule has 2 nitrogen and oxygen atoms in total. The summed E-state index contributed by atoms with van der Waals surface area (Å²) >= 11 is 18.1. The Bertz CT molecular complexity index is 656. The van der Waals surface area contributed by atoms with Gasteiger partial charge in [0, 0.05) is 28.2 Å². The predicted molar refractivity (Wildman–Crippen MR) is 87.8 cm³/mol. The van der Waals surface area contributed by atoms with Gasteiger partial charge in [-0.1, -0.05) is 34.8 Å². The van der Waals surface area contributed by atoms with Crippen LogP contribution in [-0.2, 0) is 6.54 Å². The van der Waals surface area contributed by atoms with Gasteiger partial charge in [-0.15, -0.1) is 0 Å². The minimum absolute atomic E-state index is 0.485. The number of nitrogens with one attached hydrogen (secondary N) is 1. The highest BCUT2D eigenvalue weighted by molar-refractivity contribution is 6.35. The molecule has 0 aromatic heterocycles. The predicted octanol–water partition coefficient (Wildman–Crippen LogP) is 5.69. The van der Waals surface area contributed by atoms with Crippen molar-refractivity contribution in [3.8, 4) is 11.5 Å². The number of benzene rings is 2. The molecule has 110 valence electrons. The quantitative estimate of drug-likeness (QED) is 0.753. The number of halogens is 3. The van der Waals surface area contributed by atoms with Gasteiger partial charge in [0.2, 0.25) is 0 Å². The molecule has 0 unspecified atom stereocenters. The molecule has 5 heteroatoms. The van der Waals surface area contributed by atoms with Crippen LogP contribution < -0.4 is 10.1 Å². The Labute approximate surface area is 139 Å². The summed E-state index contributed by atoms with van der Waals surface area (Å²) < 4.78 is 5.91. The van der Waals surface area contributed by atoms with Crippen molar-refractivity contribution in [2.75, 3.05) is 0 Å². The lowest BCUT2D eigenvalue weighted by atomic mass is 10.2. The van der Waals surface area contributed by atoms with Crippen molar-refractivity contribution >= 4 is 34.8 Å². The third-order valence-corrected chi connectivity index (χ3v) is 4.06. The number of hydrogen-bond donors (Lipinski definition) is 1. The molecule has 0 radical (unpaired) electrons. The molecule has 0 aliphatic heterocycles. The zero-order chi connectivity index (χ0) is 14.8. The van der Waals surface area contributed by atoms with Gasteiger partial charge in [0.05, 0.1) is 5.02 Å². The highest BCUT2D eigenvalue weighted by Crippen LogP contribution is 2.34. The van der Waals surface area contributed by atoms with Crippen LogP contribution >= 0.6 is 34.8 Å². The Morgan fingerprint density at radius 2 is 1.62 bits per heavy atom. The zero-order valence-electron chi connectivity index (χ0n) is 11.2. The van der Waals surface area contributed by atoms with E-state index >= 15 is 0 Å². The molecule has 21 heavy (non-hydrogen) atoms. The van der Waals surface area contributed by atoms with Crippen molar-refractivity contribution < 1.29 is 4.74 Å². The maximum atomic E-state index is 6.15. The second-order valence-corrected chi connectivity index (χ2v) is 6.36. The molecule has 2 aromatic carbocycles. The summed E-state index contributed by atoms with van der Waals surface area (Å²) in [4.78, 5) is 0. The third kappa shape index (κ3) is 4.04. The molecule has 1 saturated carbocycles. The minimum Gasteiger partial charge on any atom is -0.455 e. The van der Waals surface area contributed by atoms with Crippen LogP contribution in [0.4, 0.5) is 0 Å². The Hall–Kier alpha value is -0.930. The van der Waals surface area contributed by atoms with Gasteiger partial charge in [0.1, 0.15) is 11.5 Å². The Morgan fingerprint density at radius 3 is 2.29 bits per heavy atom. The molecule has 3 rings (SSSR count). The lowest BCUT2D eigenvalue weighted by Crippen LogP contribution is -2.15. The van der Waals surface area contributed by atoms with Gasteiger partial charge in [-0.25, -0.2) is 0 Å². The van der Waals surface area contributed by atoms with Crippen LogP contribution in [0.3, 0.4) is 0 Å². The molecule has 2 aromatic rings. The van der Waals surface area contributed by atoms with E-state index in [9.17, 15) is 0 Å². The zero-order valence-corrected chi connectivity index (χ0v) is 13.5. The fourth-order valence-corrected chi connectivity index (χ4v) is 2.65. The Balaban J connectivity index is 1.82. The number of rotatable bonds is 5. The molecule has 0 amide bonds. The average molecular weight is 343 g/mol. The first-order chi connectivity index (χ1) is 10.1. The van der Waals surface area contributed by atoms with Gasteiger partial charge in [-0.3, -0.25) is 0 Å². The van der Waals surface area contributed by atoms with Gasteiger partial charge < -0.3 is 10.1 Å². The summed E-state index contributed by atoms with van der Waals surface area (Å²) in [5.41, 5.74) is 1.01. The summed E-state index contributed by atoms with van der Waals surface area (Å²) in [7, 11) is 0. The van der Waals surface area contributed by atoms with Crippen LogP contribution in [0, 0.1) is 0 Å². The largest absolute Gasteiger partial charge is 0.455 e. The number of hydrogen-bond acceptors (Lipinski definition) is 2. The van der Waals surface area contributed by atoms with Crippen LogP contribution in [-0.4, -0.2) is 6.04 Å². The van der Waals surface area contributed by atoms with Crippen molar-refractivity contribution in [1.29, 1.82) is 0 Å². The van der Waals surface area contributed by atoms with Crippen LogP contribution in [0.25, 0.3) is 0 Å². The van der Waals surface area contributed by atoms with Crippen molar-refractivity contribution in [3.63, 3.8) is 0 Å². The van der Waals surface area contributed by atoms with E-state index in [4.69, 9.17) is 39.5 Å². The van der Waals surface area contributed by atoms with Crippen molar-refractivity contribution in [2.24, 2.45) is 0 Å². The molecule has 1 N–H and O–H groups in total. The third-order valence-electron chi connectivity index (χ3n) is 3.29. The van der Waals surface area contributed by atoms with E-state index in [1.165, 1.54) is 12.8 Å². The Morgan fingerprint density at radius 1 is 0.952 bits per heavy atom. The molecule has 1 fully saturated rings. The minimum atomic E-state index is 0.485. The van der Waals surface area contributed by atoms with E-state index in [1.807, 2.05) is 12.1 Å². The highest BCUT2D eigenvalue weighted by atomic mass is 35.5. The Kier molecular flexibility index (Phi) is 4.60. The normalized spacial score (nSPS) is 14.2. The fraction of sp³-hybridized carbons (Fsp3) is 0.250. The standard InChI is InChI=1S/C16H14Cl3NO/c17-11-1-5-15(10(7-11)9-20-13-3-4-13)21-16-6-2-12(18)8-14(16)19/h1-2,5-8,13,20H,3-4,9H2. The monoisotopic (exact) mass is 341 g/mol. The van der Waals surface area contributed by atoms with Gasteiger partial charge in [-0.05, 0) is 49.2 Å². The van der Waals surface area contributed by atoms with Gasteiger partial charge in [-0.2, -0.15) is 0 Å².